The van der Waals surface area contributed by atoms with E-state index in [9.17, 15) is 13.2 Å². The van der Waals surface area contributed by atoms with Crippen molar-refractivity contribution < 1.29 is 13.2 Å². The fraction of sp³-hybridized carbons (Fsp3) is 0.125. The number of hydrogen-bond acceptors (Lipinski definition) is 6. The number of rotatable bonds is 5. The van der Waals surface area contributed by atoms with Crippen molar-refractivity contribution in [2.45, 2.75) is 24.3 Å². The van der Waals surface area contributed by atoms with Gasteiger partial charge in [0.15, 0.2) is 5.13 Å². The second-order valence-corrected chi connectivity index (χ2v) is 10.4. The van der Waals surface area contributed by atoms with E-state index in [1.807, 2.05) is 48.7 Å². The first-order chi connectivity index (χ1) is 15.9. The van der Waals surface area contributed by atoms with E-state index in [4.69, 9.17) is 0 Å². The summed E-state index contributed by atoms with van der Waals surface area (Å²) in [5.74, 6) is -0.419. The molecule has 0 spiro atoms. The summed E-state index contributed by atoms with van der Waals surface area (Å²) < 4.78 is 28.4. The molecule has 166 valence electrons. The summed E-state index contributed by atoms with van der Waals surface area (Å²) >= 11 is 1.30. The lowest BCUT2D eigenvalue weighted by Crippen LogP contribution is -2.35. The van der Waals surface area contributed by atoms with Gasteiger partial charge in [0.05, 0.1) is 16.3 Å². The second kappa shape index (κ2) is 8.42. The Morgan fingerprint density at radius 1 is 1.09 bits per heavy atom. The van der Waals surface area contributed by atoms with Crippen LogP contribution in [0.25, 0.3) is 11.3 Å². The van der Waals surface area contributed by atoms with E-state index in [0.717, 1.165) is 16.8 Å². The van der Waals surface area contributed by atoms with Gasteiger partial charge >= 0.3 is 0 Å². The average molecular weight is 477 g/mol. The molecule has 2 aromatic carbocycles. The van der Waals surface area contributed by atoms with Gasteiger partial charge in [-0.05, 0) is 55.3 Å². The maximum atomic E-state index is 13.5. The Kier molecular flexibility index (Phi) is 5.43. The number of thiazole rings is 1. The van der Waals surface area contributed by atoms with Gasteiger partial charge in [0.2, 0.25) is 0 Å². The number of carbonyl (C=O) groups is 1. The topological polar surface area (TPSA) is 92.3 Å². The van der Waals surface area contributed by atoms with Gasteiger partial charge in [0, 0.05) is 34.9 Å². The molecule has 0 saturated carbocycles. The number of benzene rings is 2. The highest BCUT2D eigenvalue weighted by Gasteiger charge is 2.36. The van der Waals surface area contributed by atoms with Crippen molar-refractivity contribution in [1.82, 2.24) is 9.97 Å². The molecule has 1 N–H and O–H groups in total. The zero-order valence-electron chi connectivity index (χ0n) is 17.7. The van der Waals surface area contributed by atoms with Crippen LogP contribution in [-0.4, -0.2) is 30.3 Å². The van der Waals surface area contributed by atoms with E-state index in [1.165, 1.54) is 27.8 Å². The number of amides is 1. The van der Waals surface area contributed by atoms with Gasteiger partial charge in [-0.15, -0.1) is 11.3 Å². The Hall–Kier alpha value is -3.56. The number of anilines is 2. The van der Waals surface area contributed by atoms with Crippen LogP contribution in [0, 0.1) is 0 Å². The van der Waals surface area contributed by atoms with Crippen LogP contribution in [0.1, 0.15) is 22.8 Å². The van der Waals surface area contributed by atoms with Crippen LogP contribution < -0.4 is 9.62 Å². The Balaban J connectivity index is 1.39. The first kappa shape index (κ1) is 21.3. The Labute approximate surface area is 195 Å². The zero-order chi connectivity index (χ0) is 23.0. The predicted molar refractivity (Wildman–Crippen MR) is 129 cm³/mol. The average Bonchev–Trinajstić information content (AvgIpc) is 3.43. The summed E-state index contributed by atoms with van der Waals surface area (Å²) in [5.41, 5.74) is 3.56. The normalized spacial score (nSPS) is 15.3. The highest BCUT2D eigenvalue weighted by atomic mass is 32.2. The number of nitrogens with zero attached hydrogens (tertiary/aromatic N) is 3. The van der Waals surface area contributed by atoms with Gasteiger partial charge in [0.1, 0.15) is 0 Å². The molecule has 1 aliphatic heterocycles. The monoisotopic (exact) mass is 476 g/mol. The molecule has 2 aromatic heterocycles. The molecule has 33 heavy (non-hydrogen) atoms. The standard InChI is InChI=1S/C24H20N4O3S2/c1-16-13-18-5-2-3-8-22(18)28(16)33(30,31)20-7-4-6-19(14-20)23(29)27-24-26-21(15-32-24)17-9-11-25-12-10-17/h2-12,14-16H,13H2,1H3,(H,26,27,29)/t16-/m1/s1. The Bertz CT molecular complexity index is 1430. The molecule has 0 aliphatic carbocycles. The Morgan fingerprint density at radius 2 is 1.88 bits per heavy atom. The van der Waals surface area contributed by atoms with E-state index >= 15 is 0 Å². The van der Waals surface area contributed by atoms with Crippen LogP contribution >= 0.6 is 11.3 Å². The fourth-order valence-electron chi connectivity index (χ4n) is 3.97. The first-order valence-corrected chi connectivity index (χ1v) is 12.6. The summed E-state index contributed by atoms with van der Waals surface area (Å²) in [6, 6.07) is 17.1. The molecule has 0 radical (unpaired) electrons. The smallest absolute Gasteiger partial charge is 0.264 e. The van der Waals surface area contributed by atoms with Crippen LogP contribution in [0.3, 0.4) is 0 Å². The van der Waals surface area contributed by atoms with E-state index in [-0.39, 0.29) is 16.5 Å². The number of para-hydroxylation sites is 1. The number of hydrogen-bond donors (Lipinski definition) is 1. The molecule has 1 atom stereocenters. The molecule has 1 amide bonds. The van der Waals surface area contributed by atoms with Crippen molar-refractivity contribution in [3.8, 4) is 11.3 Å². The Morgan fingerprint density at radius 3 is 2.70 bits per heavy atom. The molecule has 5 rings (SSSR count). The van der Waals surface area contributed by atoms with Crippen molar-refractivity contribution in [1.29, 1.82) is 0 Å². The number of pyridine rings is 1. The molecule has 3 heterocycles. The van der Waals surface area contributed by atoms with Crippen LogP contribution in [0.15, 0.2) is 83.3 Å². The van der Waals surface area contributed by atoms with Gasteiger partial charge in [-0.25, -0.2) is 13.4 Å². The van der Waals surface area contributed by atoms with Crippen molar-refractivity contribution in [3.63, 3.8) is 0 Å². The summed E-state index contributed by atoms with van der Waals surface area (Å²) in [4.78, 5) is 21.4. The molecular formula is C24H20N4O3S2. The number of carbonyl (C=O) groups excluding carboxylic acids is 1. The lowest BCUT2D eigenvalue weighted by Gasteiger charge is -2.24. The van der Waals surface area contributed by atoms with Crippen molar-refractivity contribution in [2.24, 2.45) is 0 Å². The lowest BCUT2D eigenvalue weighted by molar-refractivity contribution is 0.102. The molecular weight excluding hydrogens is 456 g/mol. The minimum absolute atomic E-state index is 0.0790. The summed E-state index contributed by atoms with van der Waals surface area (Å²) in [6.07, 6.45) is 4.01. The van der Waals surface area contributed by atoms with Gasteiger partial charge in [-0.2, -0.15) is 0 Å². The highest BCUT2D eigenvalue weighted by Crippen LogP contribution is 2.36. The summed E-state index contributed by atoms with van der Waals surface area (Å²) in [5, 5.41) is 5.04. The molecule has 0 unspecified atom stereocenters. The third-order valence-electron chi connectivity index (χ3n) is 5.50. The van der Waals surface area contributed by atoms with E-state index < -0.39 is 15.9 Å². The molecule has 0 saturated heterocycles. The van der Waals surface area contributed by atoms with Gasteiger partial charge in [-0.1, -0.05) is 24.3 Å². The van der Waals surface area contributed by atoms with Gasteiger partial charge < -0.3 is 0 Å². The summed E-state index contributed by atoms with van der Waals surface area (Å²) in [6.45, 7) is 1.89. The molecule has 7 nitrogen and oxygen atoms in total. The minimum Gasteiger partial charge on any atom is -0.298 e. The summed E-state index contributed by atoms with van der Waals surface area (Å²) in [7, 11) is -3.83. The van der Waals surface area contributed by atoms with Gasteiger partial charge in [-0.3, -0.25) is 19.4 Å². The second-order valence-electron chi connectivity index (χ2n) is 7.74. The third kappa shape index (κ3) is 4.01. The van der Waals surface area contributed by atoms with Crippen LogP contribution in [0.5, 0.6) is 0 Å². The van der Waals surface area contributed by atoms with Gasteiger partial charge in [0.25, 0.3) is 15.9 Å². The van der Waals surface area contributed by atoms with Crippen LogP contribution in [0.4, 0.5) is 10.8 Å². The quantitative estimate of drug-likeness (QED) is 0.455. The molecule has 0 bridgehead atoms. The molecule has 0 fully saturated rings. The molecule has 9 heteroatoms. The third-order valence-corrected chi connectivity index (χ3v) is 8.18. The fourth-order valence-corrected chi connectivity index (χ4v) is 6.42. The van der Waals surface area contributed by atoms with Crippen molar-refractivity contribution in [2.75, 3.05) is 9.62 Å². The predicted octanol–water partition coefficient (Wildman–Crippen LogP) is 4.60. The largest absolute Gasteiger partial charge is 0.298 e. The maximum Gasteiger partial charge on any atom is 0.264 e. The first-order valence-electron chi connectivity index (χ1n) is 10.3. The highest BCUT2D eigenvalue weighted by molar-refractivity contribution is 7.92. The molecule has 1 aliphatic rings. The number of nitrogens with one attached hydrogen (secondary N) is 1. The van der Waals surface area contributed by atoms with Crippen LogP contribution in [-0.2, 0) is 16.4 Å². The van der Waals surface area contributed by atoms with E-state index in [2.05, 4.69) is 15.3 Å². The lowest BCUT2D eigenvalue weighted by atomic mass is 10.1. The van der Waals surface area contributed by atoms with Crippen LogP contribution in [0.2, 0.25) is 0 Å². The van der Waals surface area contributed by atoms with Crippen molar-refractivity contribution in [3.05, 3.63) is 89.6 Å². The SMILES string of the molecule is C[C@@H]1Cc2ccccc2N1S(=O)(=O)c1cccc(C(=O)Nc2nc(-c3ccncc3)cs2)c1. The minimum atomic E-state index is -3.83. The van der Waals surface area contributed by atoms with Crippen molar-refractivity contribution >= 4 is 38.1 Å². The molecule has 4 aromatic rings. The number of aromatic nitrogens is 2. The zero-order valence-corrected chi connectivity index (χ0v) is 19.3. The van der Waals surface area contributed by atoms with E-state index in [0.29, 0.717) is 17.2 Å². The van der Waals surface area contributed by atoms with E-state index in [1.54, 1.807) is 24.5 Å². The maximum absolute atomic E-state index is 13.5. The number of sulfonamides is 1. The number of fused-ring (bicyclic) bond motifs is 1.